The predicted molar refractivity (Wildman–Crippen MR) is 74.9 cm³/mol. The number of nitrogens with one attached hydrogen (secondary N) is 1. The molecule has 1 aliphatic heterocycles. The van der Waals surface area contributed by atoms with Gasteiger partial charge in [0.2, 0.25) is 0 Å². The molecular weight excluding hydrogens is 278 g/mol. The zero-order valence-corrected chi connectivity index (χ0v) is 11.8. The van der Waals surface area contributed by atoms with Gasteiger partial charge < -0.3 is 15.0 Å². The Morgan fingerprint density at radius 2 is 2.05 bits per heavy atom. The van der Waals surface area contributed by atoms with Crippen LogP contribution in [-0.4, -0.2) is 36.2 Å². The van der Waals surface area contributed by atoms with Crippen LogP contribution < -0.4 is 5.32 Å². The molecule has 2 rings (SSSR count). The van der Waals surface area contributed by atoms with E-state index in [1.54, 1.807) is 0 Å². The number of anilines is 1. The summed E-state index contributed by atoms with van der Waals surface area (Å²) in [5.74, 6) is 0.350. The van der Waals surface area contributed by atoms with Crippen LogP contribution in [0.2, 0.25) is 0 Å². The molecule has 1 aromatic carbocycles. The molecule has 0 bridgehead atoms. The van der Waals surface area contributed by atoms with Crippen LogP contribution in [0, 0.1) is 24.0 Å². The number of hydrogen-bond acceptors (Lipinski definition) is 2. The third-order valence-corrected chi connectivity index (χ3v) is 3.59. The van der Waals surface area contributed by atoms with Gasteiger partial charge in [0.1, 0.15) is 5.69 Å². The summed E-state index contributed by atoms with van der Waals surface area (Å²) in [4.78, 5) is 13.7. The lowest BCUT2D eigenvalue weighted by atomic mass is 10.1. The number of hydrogen-bond donors (Lipinski definition) is 1. The second-order valence-electron chi connectivity index (χ2n) is 4.90. The molecule has 1 N–H and O–H groups in total. The number of amides is 2. The third-order valence-electron chi connectivity index (χ3n) is 3.59. The Morgan fingerprint density at radius 1 is 1.43 bits per heavy atom. The topological polar surface area (TPSA) is 41.6 Å². The number of benzene rings is 1. The van der Waals surface area contributed by atoms with E-state index in [9.17, 15) is 13.6 Å². The van der Waals surface area contributed by atoms with Gasteiger partial charge >= 0.3 is 6.03 Å². The van der Waals surface area contributed by atoms with E-state index in [-0.39, 0.29) is 17.7 Å². The van der Waals surface area contributed by atoms with Crippen molar-refractivity contribution >= 4 is 11.7 Å². The van der Waals surface area contributed by atoms with Gasteiger partial charge in [0.25, 0.3) is 0 Å². The first kappa shape index (κ1) is 15.3. The fraction of sp³-hybridized carbons (Fsp3) is 0.400. The molecule has 21 heavy (non-hydrogen) atoms. The van der Waals surface area contributed by atoms with Crippen LogP contribution in [0.5, 0.6) is 0 Å². The largest absolute Gasteiger partial charge is 0.375 e. The van der Waals surface area contributed by atoms with Gasteiger partial charge in [0, 0.05) is 12.1 Å². The number of ether oxygens (including phenoxy) is 1. The second kappa shape index (κ2) is 6.10. The number of terminal acetylenes is 1. The average Bonchev–Trinajstić information content (AvgIpc) is 2.45. The third kappa shape index (κ3) is 3.14. The quantitative estimate of drug-likeness (QED) is 0.809. The minimum absolute atomic E-state index is 0.0800. The standard InChI is InChI=1S/C15H16F2N2O2/c1-4-11-7-12(16)14(13(17)8-11)18-15(20)19-5-6-21-10(3)9(19)2/h1,7-10H,5-6H2,2-3H3,(H,18,20)/t9-,10-/m1/s1. The minimum Gasteiger partial charge on any atom is -0.375 e. The van der Waals surface area contributed by atoms with Gasteiger partial charge in [0.05, 0.1) is 18.8 Å². The monoisotopic (exact) mass is 294 g/mol. The van der Waals surface area contributed by atoms with Crippen LogP contribution >= 0.6 is 0 Å². The molecule has 1 saturated heterocycles. The Hall–Kier alpha value is -2.13. The lowest BCUT2D eigenvalue weighted by molar-refractivity contribution is -0.0355. The van der Waals surface area contributed by atoms with E-state index in [2.05, 4.69) is 11.2 Å². The van der Waals surface area contributed by atoms with Gasteiger partial charge in [-0.1, -0.05) is 5.92 Å². The lowest BCUT2D eigenvalue weighted by Gasteiger charge is -2.37. The fourth-order valence-corrected chi connectivity index (χ4v) is 2.17. The summed E-state index contributed by atoms with van der Waals surface area (Å²) in [6.45, 7) is 4.41. The van der Waals surface area contributed by atoms with E-state index in [1.165, 1.54) is 4.90 Å². The number of urea groups is 1. The van der Waals surface area contributed by atoms with Crippen LogP contribution in [0.3, 0.4) is 0 Å². The Kier molecular flexibility index (Phi) is 4.43. The normalized spacial score (nSPS) is 21.8. The molecule has 1 aliphatic rings. The molecule has 1 heterocycles. The average molecular weight is 294 g/mol. The van der Waals surface area contributed by atoms with Crippen molar-refractivity contribution in [2.24, 2.45) is 0 Å². The smallest absolute Gasteiger partial charge is 0.322 e. The number of morpholine rings is 1. The number of nitrogens with zero attached hydrogens (tertiary/aromatic N) is 1. The summed E-state index contributed by atoms with van der Waals surface area (Å²) in [7, 11) is 0. The van der Waals surface area contributed by atoms with Gasteiger partial charge in [-0.05, 0) is 26.0 Å². The summed E-state index contributed by atoms with van der Waals surface area (Å²) in [5.41, 5.74) is -0.415. The maximum atomic E-state index is 13.8. The van der Waals surface area contributed by atoms with Crippen molar-refractivity contribution in [1.29, 1.82) is 0 Å². The summed E-state index contributed by atoms with van der Waals surface area (Å²) >= 11 is 0. The highest BCUT2D eigenvalue weighted by Crippen LogP contribution is 2.22. The molecule has 112 valence electrons. The number of rotatable bonds is 1. The van der Waals surface area contributed by atoms with Crippen molar-refractivity contribution in [2.45, 2.75) is 26.0 Å². The molecule has 6 heteroatoms. The first-order chi connectivity index (χ1) is 9.93. The summed E-state index contributed by atoms with van der Waals surface area (Å²) in [6, 6.07) is 1.26. The van der Waals surface area contributed by atoms with Crippen LogP contribution in [-0.2, 0) is 4.74 Å². The molecule has 2 amide bonds. The molecule has 0 aliphatic carbocycles. The highest BCUT2D eigenvalue weighted by atomic mass is 19.1. The molecule has 2 atom stereocenters. The first-order valence-corrected chi connectivity index (χ1v) is 6.59. The molecule has 0 radical (unpaired) electrons. The van der Waals surface area contributed by atoms with Gasteiger partial charge in [-0.25, -0.2) is 13.6 Å². The summed E-state index contributed by atoms with van der Waals surface area (Å²) < 4.78 is 33.0. The predicted octanol–water partition coefficient (Wildman–Crippen LogP) is 2.59. The molecular formula is C15H16F2N2O2. The molecule has 1 aromatic rings. The minimum atomic E-state index is -0.898. The molecule has 1 fully saturated rings. The second-order valence-corrected chi connectivity index (χ2v) is 4.90. The van der Waals surface area contributed by atoms with E-state index >= 15 is 0 Å². The van der Waals surface area contributed by atoms with Crippen LogP contribution in [0.15, 0.2) is 12.1 Å². The van der Waals surface area contributed by atoms with E-state index in [1.807, 2.05) is 13.8 Å². The van der Waals surface area contributed by atoms with Crippen molar-refractivity contribution in [3.8, 4) is 12.3 Å². The van der Waals surface area contributed by atoms with Gasteiger partial charge in [-0.3, -0.25) is 0 Å². The summed E-state index contributed by atoms with van der Waals surface area (Å²) in [5, 5.41) is 2.26. The van der Waals surface area contributed by atoms with Crippen molar-refractivity contribution in [1.82, 2.24) is 4.90 Å². The molecule has 0 spiro atoms. The van der Waals surface area contributed by atoms with Crippen molar-refractivity contribution < 1.29 is 18.3 Å². The fourth-order valence-electron chi connectivity index (χ4n) is 2.17. The first-order valence-electron chi connectivity index (χ1n) is 6.59. The van der Waals surface area contributed by atoms with E-state index in [4.69, 9.17) is 11.2 Å². The summed E-state index contributed by atoms with van der Waals surface area (Å²) in [6.07, 6.45) is 4.96. The molecule has 0 unspecified atom stereocenters. The highest BCUT2D eigenvalue weighted by Gasteiger charge is 2.30. The van der Waals surface area contributed by atoms with E-state index in [0.717, 1.165) is 12.1 Å². The Bertz CT molecular complexity index is 575. The molecule has 0 saturated carbocycles. The van der Waals surface area contributed by atoms with Gasteiger partial charge in [0.15, 0.2) is 11.6 Å². The van der Waals surface area contributed by atoms with Crippen LogP contribution in [0.25, 0.3) is 0 Å². The SMILES string of the molecule is C#Cc1cc(F)c(NC(=O)N2CCO[C@H](C)[C@H]2C)c(F)c1. The van der Waals surface area contributed by atoms with Gasteiger partial charge in [-0.15, -0.1) is 6.42 Å². The Morgan fingerprint density at radius 3 is 2.62 bits per heavy atom. The van der Waals surface area contributed by atoms with Crippen LogP contribution in [0.1, 0.15) is 19.4 Å². The Labute approximate surface area is 122 Å². The van der Waals surface area contributed by atoms with Crippen molar-refractivity contribution in [3.63, 3.8) is 0 Å². The number of carbonyl (C=O) groups is 1. The Balaban J connectivity index is 2.18. The highest BCUT2D eigenvalue weighted by molar-refractivity contribution is 5.90. The van der Waals surface area contributed by atoms with E-state index in [0.29, 0.717) is 13.2 Å². The number of carbonyl (C=O) groups excluding carboxylic acids is 1. The maximum absolute atomic E-state index is 13.8. The lowest BCUT2D eigenvalue weighted by Crippen LogP contribution is -2.52. The number of halogens is 2. The molecule has 4 nitrogen and oxygen atoms in total. The van der Waals surface area contributed by atoms with E-state index < -0.39 is 23.4 Å². The zero-order chi connectivity index (χ0) is 15.6. The molecule has 0 aromatic heterocycles. The van der Waals surface area contributed by atoms with Crippen LogP contribution in [0.4, 0.5) is 19.3 Å². The van der Waals surface area contributed by atoms with Crippen molar-refractivity contribution in [2.75, 3.05) is 18.5 Å². The zero-order valence-electron chi connectivity index (χ0n) is 11.8. The van der Waals surface area contributed by atoms with Gasteiger partial charge in [-0.2, -0.15) is 0 Å². The maximum Gasteiger partial charge on any atom is 0.322 e. The van der Waals surface area contributed by atoms with Crippen molar-refractivity contribution in [3.05, 3.63) is 29.3 Å².